The van der Waals surface area contributed by atoms with E-state index in [9.17, 15) is 0 Å². The van der Waals surface area contributed by atoms with Crippen LogP contribution in [-0.4, -0.2) is 23.3 Å². The van der Waals surface area contributed by atoms with Gasteiger partial charge >= 0.3 is 0 Å². The first-order chi connectivity index (χ1) is 5.27. The van der Waals surface area contributed by atoms with Crippen LogP contribution in [0.15, 0.2) is 21.6 Å². The first kappa shape index (κ1) is 6.63. The molecule has 0 amide bonds. The number of amidine groups is 1. The third-order valence-electron chi connectivity index (χ3n) is 1.53. The van der Waals surface area contributed by atoms with Crippen LogP contribution in [0.5, 0.6) is 0 Å². The van der Waals surface area contributed by atoms with E-state index in [1.807, 2.05) is 6.08 Å². The van der Waals surface area contributed by atoms with E-state index in [0.29, 0.717) is 10.9 Å². The smallest absolute Gasteiger partial charge is 0.196 e. The molecular formula is C6H6N4S. The number of thiocarbonyl (C=S) groups is 1. The van der Waals surface area contributed by atoms with E-state index in [4.69, 9.17) is 18.0 Å². The summed E-state index contributed by atoms with van der Waals surface area (Å²) in [6.45, 7) is 0. The van der Waals surface area contributed by atoms with Gasteiger partial charge in [0.15, 0.2) is 10.9 Å². The van der Waals surface area contributed by atoms with Gasteiger partial charge in [0.1, 0.15) is 6.17 Å². The lowest BCUT2D eigenvalue weighted by Gasteiger charge is -2.19. The zero-order valence-corrected chi connectivity index (χ0v) is 6.43. The van der Waals surface area contributed by atoms with Crippen LogP contribution in [0.3, 0.4) is 0 Å². The van der Waals surface area contributed by atoms with Crippen molar-refractivity contribution >= 4 is 29.4 Å². The van der Waals surface area contributed by atoms with Crippen molar-refractivity contribution in [1.82, 2.24) is 5.32 Å². The molecule has 0 saturated carbocycles. The molecule has 0 aromatic rings. The number of nitrogens with two attached hydrogens (primary N) is 1. The van der Waals surface area contributed by atoms with Gasteiger partial charge < -0.3 is 11.1 Å². The second kappa shape index (κ2) is 2.21. The molecular weight excluding hydrogens is 160 g/mol. The van der Waals surface area contributed by atoms with Crippen LogP contribution in [-0.2, 0) is 0 Å². The van der Waals surface area contributed by atoms with E-state index in [0.717, 1.165) is 5.57 Å². The van der Waals surface area contributed by atoms with Gasteiger partial charge in [-0.2, -0.15) is 0 Å². The number of allylic oxidation sites excluding steroid dienone is 1. The SMILES string of the molecule is NC1NC(=S)N=C2N=CC=C21. The van der Waals surface area contributed by atoms with E-state index in [1.54, 1.807) is 6.21 Å². The Morgan fingerprint density at radius 2 is 2.45 bits per heavy atom. The maximum atomic E-state index is 5.68. The topological polar surface area (TPSA) is 62.8 Å². The molecule has 11 heavy (non-hydrogen) atoms. The molecule has 56 valence electrons. The second-order valence-corrected chi connectivity index (χ2v) is 2.65. The quantitative estimate of drug-likeness (QED) is 0.480. The molecule has 2 aliphatic rings. The number of hydrogen-bond donors (Lipinski definition) is 2. The van der Waals surface area contributed by atoms with E-state index < -0.39 is 0 Å². The lowest BCUT2D eigenvalue weighted by molar-refractivity contribution is 0.742. The van der Waals surface area contributed by atoms with Crippen molar-refractivity contribution in [1.29, 1.82) is 0 Å². The molecule has 2 heterocycles. The van der Waals surface area contributed by atoms with Crippen LogP contribution in [0.25, 0.3) is 0 Å². The van der Waals surface area contributed by atoms with Crippen LogP contribution >= 0.6 is 12.2 Å². The summed E-state index contributed by atoms with van der Waals surface area (Å²) in [4.78, 5) is 7.97. The van der Waals surface area contributed by atoms with Crippen molar-refractivity contribution in [3.05, 3.63) is 11.6 Å². The van der Waals surface area contributed by atoms with Crippen LogP contribution in [0.4, 0.5) is 0 Å². The maximum absolute atomic E-state index is 5.68. The lowest BCUT2D eigenvalue weighted by atomic mass is 10.2. The standard InChI is InChI=1S/C6H6N4S/c7-4-3-1-2-8-5(3)10-6(11)9-4/h1-2,4H,7H2,(H,9,11). The summed E-state index contributed by atoms with van der Waals surface area (Å²) in [5, 5.41) is 3.23. The van der Waals surface area contributed by atoms with Gasteiger partial charge in [-0.1, -0.05) is 0 Å². The first-order valence-corrected chi connectivity index (χ1v) is 3.57. The van der Waals surface area contributed by atoms with Gasteiger partial charge in [0.2, 0.25) is 0 Å². The molecule has 0 aliphatic carbocycles. The summed E-state index contributed by atoms with van der Waals surface area (Å²) in [5.41, 5.74) is 6.58. The molecule has 0 aromatic carbocycles. The van der Waals surface area contributed by atoms with Crippen molar-refractivity contribution in [2.45, 2.75) is 6.17 Å². The highest BCUT2D eigenvalue weighted by Crippen LogP contribution is 2.11. The molecule has 4 nitrogen and oxygen atoms in total. The highest BCUT2D eigenvalue weighted by atomic mass is 32.1. The van der Waals surface area contributed by atoms with Crippen molar-refractivity contribution in [2.75, 3.05) is 0 Å². The van der Waals surface area contributed by atoms with Gasteiger partial charge in [0.05, 0.1) is 0 Å². The van der Waals surface area contributed by atoms with Crippen LogP contribution < -0.4 is 11.1 Å². The third kappa shape index (κ3) is 0.979. The first-order valence-electron chi connectivity index (χ1n) is 3.17. The summed E-state index contributed by atoms with van der Waals surface area (Å²) in [5.74, 6) is 0.640. The Bertz CT molecular complexity index is 302. The number of nitrogens with one attached hydrogen (secondary N) is 1. The van der Waals surface area contributed by atoms with E-state index >= 15 is 0 Å². The van der Waals surface area contributed by atoms with Crippen LogP contribution in [0.1, 0.15) is 0 Å². The Labute approximate surface area is 68.9 Å². The summed E-state index contributed by atoms with van der Waals surface area (Å²) >= 11 is 4.83. The number of hydrogen-bond acceptors (Lipinski definition) is 3. The molecule has 0 bridgehead atoms. The summed E-state index contributed by atoms with van der Waals surface area (Å²) < 4.78 is 0. The second-order valence-electron chi connectivity index (χ2n) is 2.26. The minimum Gasteiger partial charge on any atom is -0.341 e. The number of fused-ring (bicyclic) bond motifs is 1. The van der Waals surface area contributed by atoms with Crippen molar-refractivity contribution in [3.8, 4) is 0 Å². The minimum absolute atomic E-state index is 0.252. The van der Waals surface area contributed by atoms with Gasteiger partial charge in [-0.25, -0.2) is 9.98 Å². The monoisotopic (exact) mass is 166 g/mol. The Morgan fingerprint density at radius 1 is 1.64 bits per heavy atom. The normalized spacial score (nSPS) is 27.4. The highest BCUT2D eigenvalue weighted by molar-refractivity contribution is 7.80. The summed E-state index contributed by atoms with van der Waals surface area (Å²) in [6, 6.07) is 0. The zero-order valence-electron chi connectivity index (χ0n) is 5.61. The van der Waals surface area contributed by atoms with Crippen molar-refractivity contribution < 1.29 is 0 Å². The molecule has 0 spiro atoms. The van der Waals surface area contributed by atoms with Gasteiger partial charge in [0, 0.05) is 11.8 Å². The average molecular weight is 166 g/mol. The highest BCUT2D eigenvalue weighted by Gasteiger charge is 2.22. The molecule has 5 heteroatoms. The van der Waals surface area contributed by atoms with E-state index in [-0.39, 0.29) is 6.17 Å². The molecule has 2 aliphatic heterocycles. The molecule has 0 fully saturated rings. The van der Waals surface area contributed by atoms with Crippen molar-refractivity contribution in [3.63, 3.8) is 0 Å². The Balaban J connectivity index is 2.45. The maximum Gasteiger partial charge on any atom is 0.196 e. The van der Waals surface area contributed by atoms with Gasteiger partial charge in [-0.15, -0.1) is 0 Å². The number of aliphatic imine (C=N–C) groups is 2. The molecule has 3 N–H and O–H groups in total. The Morgan fingerprint density at radius 3 is 3.27 bits per heavy atom. The molecule has 0 saturated heterocycles. The number of rotatable bonds is 0. The predicted molar refractivity (Wildman–Crippen MR) is 47.7 cm³/mol. The van der Waals surface area contributed by atoms with E-state index in [2.05, 4.69) is 15.3 Å². The largest absolute Gasteiger partial charge is 0.341 e. The zero-order chi connectivity index (χ0) is 7.84. The van der Waals surface area contributed by atoms with E-state index in [1.165, 1.54) is 0 Å². The molecule has 2 rings (SSSR count). The molecule has 0 aromatic heterocycles. The Hall–Kier alpha value is -1.07. The summed E-state index contributed by atoms with van der Waals surface area (Å²) in [6.07, 6.45) is 3.25. The molecule has 0 radical (unpaired) electrons. The average Bonchev–Trinajstić information content (AvgIpc) is 2.34. The van der Waals surface area contributed by atoms with Gasteiger partial charge in [-0.3, -0.25) is 0 Å². The molecule has 1 unspecified atom stereocenters. The third-order valence-corrected chi connectivity index (χ3v) is 1.74. The Kier molecular flexibility index (Phi) is 1.33. The fourth-order valence-corrected chi connectivity index (χ4v) is 1.23. The fraction of sp³-hybridized carbons (Fsp3) is 0.167. The predicted octanol–water partition coefficient (Wildman–Crippen LogP) is -0.431. The molecule has 1 atom stereocenters. The van der Waals surface area contributed by atoms with Gasteiger partial charge in [-0.05, 0) is 18.3 Å². The lowest BCUT2D eigenvalue weighted by Crippen LogP contribution is -2.46. The van der Waals surface area contributed by atoms with Gasteiger partial charge in [0.25, 0.3) is 0 Å². The fourth-order valence-electron chi connectivity index (χ4n) is 1.01. The van der Waals surface area contributed by atoms with Crippen LogP contribution in [0, 0.1) is 0 Å². The minimum atomic E-state index is -0.252. The summed E-state index contributed by atoms with van der Waals surface area (Å²) in [7, 11) is 0. The number of nitrogens with zero attached hydrogens (tertiary/aromatic N) is 2. The van der Waals surface area contributed by atoms with Crippen molar-refractivity contribution in [2.24, 2.45) is 15.7 Å². The van der Waals surface area contributed by atoms with Crippen LogP contribution in [0.2, 0.25) is 0 Å².